The van der Waals surface area contributed by atoms with Crippen molar-refractivity contribution in [1.82, 2.24) is 19.5 Å². The third kappa shape index (κ3) is 7.15. The number of aromatic amines is 2. The summed E-state index contributed by atoms with van der Waals surface area (Å²) >= 11 is 7.60. The molecule has 0 spiro atoms. The highest BCUT2D eigenvalue weighted by Gasteiger charge is 2.45. The molecule has 0 aliphatic carbocycles. The number of nitrogens with two attached hydrogens (primary N) is 1. The van der Waals surface area contributed by atoms with Gasteiger partial charge in [0, 0.05) is 18.2 Å². The van der Waals surface area contributed by atoms with E-state index in [1.165, 1.54) is 10.8 Å². The molecule has 0 bridgehead atoms. The molecule has 3 aliphatic rings. The Morgan fingerprint density at radius 2 is 1.88 bits per heavy atom. The third-order valence-electron chi connectivity index (χ3n) is 6.79. The topological polar surface area (TPSA) is 242 Å². The standard InChI is InChI=1S/C20H29N7O11P2S2/c1-9-5-26(20(30)25-17(9)28)13-3-2-10(36-13)6-35-40(33,42)38-11-4-14(37-12(11)7-34-39(31,32)41)27-8-22-15-16(27)23-19(21)24-18(15)29/h5,10-14,22H,2-4,6-8H2,1H3,(H,33,42)(H,25,28,30)(H2,31,32,41)(H3,21,23,24,29)/t10-,11+,12+,13+,14+,40?/m0/s1. The van der Waals surface area contributed by atoms with Crippen molar-refractivity contribution in [2.45, 2.75) is 57.0 Å². The van der Waals surface area contributed by atoms with Crippen molar-refractivity contribution in [2.75, 3.05) is 35.8 Å². The van der Waals surface area contributed by atoms with Crippen molar-refractivity contribution in [3.63, 3.8) is 0 Å². The average Bonchev–Trinajstić information content (AvgIpc) is 3.62. The van der Waals surface area contributed by atoms with Crippen LogP contribution in [-0.2, 0) is 32.2 Å². The predicted molar refractivity (Wildman–Crippen MR) is 155 cm³/mol. The molecule has 0 aromatic carbocycles. The van der Waals surface area contributed by atoms with Crippen LogP contribution in [0.1, 0.15) is 31.1 Å². The molecule has 2 aromatic rings. The summed E-state index contributed by atoms with van der Waals surface area (Å²) in [5, 5.41) is 2.90. The van der Waals surface area contributed by atoms with Crippen LogP contribution in [0.4, 0.5) is 17.5 Å². The Balaban J connectivity index is 1.23. The fourth-order valence-electron chi connectivity index (χ4n) is 4.84. The summed E-state index contributed by atoms with van der Waals surface area (Å²) in [5.41, 5.74) is 4.64. The Bertz CT molecular complexity index is 1610. The summed E-state index contributed by atoms with van der Waals surface area (Å²) in [4.78, 5) is 55.9. The van der Waals surface area contributed by atoms with Gasteiger partial charge in [-0.2, -0.15) is 4.98 Å². The van der Waals surface area contributed by atoms with Crippen LogP contribution in [0.25, 0.3) is 0 Å². The maximum atomic E-state index is 13.2. The number of fused-ring (bicyclic) bond motifs is 1. The molecule has 42 heavy (non-hydrogen) atoms. The van der Waals surface area contributed by atoms with Gasteiger partial charge in [-0.15, -0.1) is 0 Å². The number of aryl methyl sites for hydroxylation is 1. The van der Waals surface area contributed by atoms with Gasteiger partial charge < -0.3 is 30.3 Å². The van der Waals surface area contributed by atoms with E-state index in [1.54, 1.807) is 11.8 Å². The number of ether oxygens (including phenoxy) is 2. The molecule has 22 heteroatoms. The van der Waals surface area contributed by atoms with Crippen molar-refractivity contribution >= 4 is 55.5 Å². The highest BCUT2D eigenvalue weighted by molar-refractivity contribution is 8.44. The Morgan fingerprint density at radius 3 is 2.62 bits per heavy atom. The van der Waals surface area contributed by atoms with Crippen LogP contribution < -0.4 is 32.8 Å². The largest absolute Gasteiger partial charge is 0.386 e. The van der Waals surface area contributed by atoms with E-state index in [1.807, 2.05) is 0 Å². The van der Waals surface area contributed by atoms with E-state index >= 15 is 0 Å². The molecule has 2 aromatic heterocycles. The zero-order valence-corrected chi connectivity index (χ0v) is 25.5. The minimum absolute atomic E-state index is 0.0518. The van der Waals surface area contributed by atoms with Gasteiger partial charge in [0.1, 0.15) is 30.4 Å². The van der Waals surface area contributed by atoms with Crippen molar-refractivity contribution in [3.05, 3.63) is 43.0 Å². The van der Waals surface area contributed by atoms with Gasteiger partial charge in [-0.25, -0.2) is 13.9 Å². The van der Waals surface area contributed by atoms with Crippen LogP contribution in [-0.4, -0.2) is 68.8 Å². The van der Waals surface area contributed by atoms with E-state index in [4.69, 9.17) is 28.8 Å². The average molecular weight is 670 g/mol. The number of hydrogen-bond donors (Lipinski definition) is 7. The molecule has 5 rings (SSSR count). The van der Waals surface area contributed by atoms with E-state index in [-0.39, 0.29) is 37.1 Å². The molecule has 5 heterocycles. The van der Waals surface area contributed by atoms with Gasteiger partial charge in [-0.3, -0.25) is 37.7 Å². The Hall–Kier alpha value is -2.12. The minimum Gasteiger partial charge on any atom is -0.369 e. The summed E-state index contributed by atoms with van der Waals surface area (Å²) in [6, 6.07) is 0. The lowest BCUT2D eigenvalue weighted by Gasteiger charge is -2.24. The number of hydrogen-bond acceptors (Lipinski definition) is 14. The smallest absolute Gasteiger partial charge is 0.369 e. The number of nitrogen functional groups attached to an aromatic ring is 1. The lowest BCUT2D eigenvalue weighted by molar-refractivity contribution is -0.0282. The van der Waals surface area contributed by atoms with E-state index < -0.39 is 67.8 Å². The molecule has 7 atom stereocenters. The van der Waals surface area contributed by atoms with Gasteiger partial charge in [-0.1, -0.05) is 24.5 Å². The van der Waals surface area contributed by atoms with Crippen LogP contribution in [0.15, 0.2) is 20.6 Å². The van der Waals surface area contributed by atoms with Crippen LogP contribution >= 0.6 is 38.1 Å². The van der Waals surface area contributed by atoms with Crippen LogP contribution in [0.5, 0.6) is 0 Å². The van der Waals surface area contributed by atoms with Crippen molar-refractivity contribution in [3.8, 4) is 0 Å². The first-order chi connectivity index (χ1) is 19.7. The van der Waals surface area contributed by atoms with Gasteiger partial charge in [0.15, 0.2) is 5.82 Å². The third-order valence-corrected chi connectivity index (χ3v) is 9.26. The number of nitrogens with one attached hydrogen (secondary N) is 3. The molecule has 18 nitrogen and oxygen atoms in total. The summed E-state index contributed by atoms with van der Waals surface area (Å²) in [6.45, 7) is -7.22. The Morgan fingerprint density at radius 1 is 1.12 bits per heavy atom. The molecule has 2 saturated heterocycles. The molecule has 0 saturated carbocycles. The number of nitrogens with zero attached hydrogens (tertiary/aromatic N) is 3. The molecule has 0 radical (unpaired) electrons. The number of anilines is 3. The molecule has 2 fully saturated rings. The van der Waals surface area contributed by atoms with Crippen molar-refractivity contribution in [2.24, 2.45) is 0 Å². The van der Waals surface area contributed by atoms with Crippen LogP contribution in [0.3, 0.4) is 0 Å². The Labute approximate surface area is 247 Å². The van der Waals surface area contributed by atoms with Gasteiger partial charge in [0.05, 0.1) is 26.0 Å². The zero-order chi connectivity index (χ0) is 30.4. The highest BCUT2D eigenvalue weighted by Crippen LogP contribution is 2.56. The van der Waals surface area contributed by atoms with E-state index in [2.05, 4.69) is 44.8 Å². The first kappa shape index (κ1) is 31.3. The summed E-state index contributed by atoms with van der Waals surface area (Å²) in [5.74, 6) is 0.109. The van der Waals surface area contributed by atoms with Gasteiger partial charge in [-0.05, 0) is 19.8 Å². The number of aromatic nitrogens is 4. The van der Waals surface area contributed by atoms with E-state index in [0.29, 0.717) is 18.4 Å². The maximum Gasteiger partial charge on any atom is 0.386 e. The molecule has 6 N–H and O–H groups in total. The van der Waals surface area contributed by atoms with E-state index in [0.717, 1.165) is 0 Å². The lowest BCUT2D eigenvalue weighted by Crippen LogP contribution is -2.36. The Kier molecular flexibility index (Phi) is 9.03. The van der Waals surface area contributed by atoms with E-state index in [9.17, 15) is 28.4 Å². The van der Waals surface area contributed by atoms with Crippen molar-refractivity contribution in [1.29, 1.82) is 0 Å². The predicted octanol–water partition coefficient (Wildman–Crippen LogP) is 0.679. The number of thiol groups is 2. The molecule has 0 amide bonds. The first-order valence-corrected chi connectivity index (χ1v) is 18.0. The minimum atomic E-state index is -4.20. The second-order valence-electron chi connectivity index (χ2n) is 9.78. The lowest BCUT2D eigenvalue weighted by atomic mass is 10.2. The second kappa shape index (κ2) is 12.1. The number of H-pyrrole nitrogens is 2. The molecule has 2 unspecified atom stereocenters. The molecule has 232 valence electrons. The monoisotopic (exact) mass is 669 g/mol. The second-order valence-corrected chi connectivity index (χ2v) is 15.4. The van der Waals surface area contributed by atoms with Crippen LogP contribution in [0.2, 0.25) is 0 Å². The first-order valence-electron chi connectivity index (χ1n) is 12.6. The quantitative estimate of drug-likeness (QED) is 0.136. The van der Waals surface area contributed by atoms with Gasteiger partial charge in [0.2, 0.25) is 5.95 Å². The van der Waals surface area contributed by atoms with Crippen molar-refractivity contribution < 1.29 is 37.1 Å². The normalized spacial score (nSPS) is 28.3. The van der Waals surface area contributed by atoms with Gasteiger partial charge in [0.25, 0.3) is 11.1 Å². The summed E-state index contributed by atoms with van der Waals surface area (Å²) in [6.07, 6.45) is -1.67. The van der Waals surface area contributed by atoms with Gasteiger partial charge >= 0.3 is 19.3 Å². The fraction of sp³-hybridized carbons (Fsp3) is 0.600. The zero-order valence-electron chi connectivity index (χ0n) is 21.9. The number of rotatable bonds is 10. The fourth-order valence-corrected chi connectivity index (χ4v) is 6.92. The molecule has 3 aliphatic heterocycles. The molecular weight excluding hydrogens is 640 g/mol. The summed E-state index contributed by atoms with van der Waals surface area (Å²) < 4.78 is 54.1. The summed E-state index contributed by atoms with van der Waals surface area (Å²) in [7, 11) is 0. The maximum absolute atomic E-state index is 13.2. The SMILES string of the molecule is Cc1cn([C@H]2CC[C@@H](COP(=O)(S)O[C@@H]3C[C@H](N4CNc5c4nc(N)[nH]c5=O)O[C@@H]3COP(=O)(O)S)O2)c(=O)[nH]c1=O. The molecular formula is C20H29N7O11P2S2. The highest BCUT2D eigenvalue weighted by atomic mass is 32.7. The van der Waals surface area contributed by atoms with Crippen LogP contribution in [0, 0.1) is 6.92 Å².